The standard InChI is InChI=1S/C15H26N2O3S/c1-6-8-9-17(7-2)14-12(20-10(3)4)11(16)13(21-14)15(18)19-5/h10H,6-9,16H2,1-5H3. The fourth-order valence-electron chi connectivity index (χ4n) is 1.97. The highest BCUT2D eigenvalue weighted by atomic mass is 32.1. The first-order valence-electron chi connectivity index (χ1n) is 7.38. The van der Waals surface area contributed by atoms with Crippen molar-refractivity contribution in [2.24, 2.45) is 0 Å². The number of hydrogen-bond donors (Lipinski definition) is 1. The molecule has 0 atom stereocenters. The smallest absolute Gasteiger partial charge is 0.350 e. The van der Waals surface area contributed by atoms with Gasteiger partial charge in [-0.1, -0.05) is 13.3 Å². The second kappa shape index (κ2) is 8.12. The number of methoxy groups -OCH3 is 1. The van der Waals surface area contributed by atoms with Gasteiger partial charge >= 0.3 is 5.97 Å². The molecule has 0 radical (unpaired) electrons. The second-order valence-corrected chi connectivity index (χ2v) is 6.07. The highest BCUT2D eigenvalue weighted by Gasteiger charge is 2.26. The Labute approximate surface area is 131 Å². The number of nitrogen functional groups attached to an aromatic ring is 1. The van der Waals surface area contributed by atoms with Crippen LogP contribution in [-0.2, 0) is 4.74 Å². The minimum absolute atomic E-state index is 0.00368. The first-order valence-corrected chi connectivity index (χ1v) is 8.19. The maximum absolute atomic E-state index is 11.8. The molecule has 1 aromatic heterocycles. The average Bonchev–Trinajstić information content (AvgIpc) is 2.76. The van der Waals surface area contributed by atoms with Crippen molar-refractivity contribution >= 4 is 28.0 Å². The number of rotatable bonds is 8. The maximum atomic E-state index is 11.8. The molecule has 2 N–H and O–H groups in total. The third-order valence-electron chi connectivity index (χ3n) is 3.06. The molecule has 0 spiro atoms. The van der Waals surface area contributed by atoms with E-state index in [4.69, 9.17) is 15.2 Å². The van der Waals surface area contributed by atoms with E-state index in [1.165, 1.54) is 18.4 Å². The van der Waals surface area contributed by atoms with E-state index in [0.29, 0.717) is 16.3 Å². The van der Waals surface area contributed by atoms with Gasteiger partial charge in [0, 0.05) is 13.1 Å². The van der Waals surface area contributed by atoms with E-state index >= 15 is 0 Å². The summed E-state index contributed by atoms with van der Waals surface area (Å²) >= 11 is 1.35. The van der Waals surface area contributed by atoms with E-state index < -0.39 is 5.97 Å². The Kier molecular flexibility index (Phi) is 6.81. The minimum Gasteiger partial charge on any atom is -0.486 e. The number of thiophene rings is 1. The third kappa shape index (κ3) is 4.27. The molecule has 0 aliphatic rings. The van der Waals surface area contributed by atoms with Crippen LogP contribution in [-0.4, -0.2) is 32.3 Å². The molecule has 0 aromatic carbocycles. The summed E-state index contributed by atoms with van der Waals surface area (Å²) < 4.78 is 10.7. The van der Waals surface area contributed by atoms with Crippen LogP contribution in [0.1, 0.15) is 50.2 Å². The van der Waals surface area contributed by atoms with E-state index in [1.807, 2.05) is 13.8 Å². The van der Waals surface area contributed by atoms with Gasteiger partial charge in [0.1, 0.15) is 15.6 Å². The normalized spacial score (nSPS) is 10.8. The van der Waals surface area contributed by atoms with Gasteiger partial charge in [0.25, 0.3) is 0 Å². The fourth-order valence-corrected chi connectivity index (χ4v) is 3.13. The Hall–Kier alpha value is -1.43. The van der Waals surface area contributed by atoms with Crippen molar-refractivity contribution in [1.29, 1.82) is 0 Å². The third-order valence-corrected chi connectivity index (χ3v) is 4.28. The van der Waals surface area contributed by atoms with E-state index in [-0.39, 0.29) is 6.10 Å². The molecule has 6 heteroatoms. The van der Waals surface area contributed by atoms with Gasteiger partial charge in [-0.2, -0.15) is 0 Å². The largest absolute Gasteiger partial charge is 0.486 e. The van der Waals surface area contributed by atoms with Gasteiger partial charge in [0.2, 0.25) is 0 Å². The van der Waals surface area contributed by atoms with Gasteiger partial charge in [0.15, 0.2) is 5.75 Å². The summed E-state index contributed by atoms with van der Waals surface area (Å²) in [4.78, 5) is 14.5. The number of anilines is 2. The zero-order valence-corrected chi connectivity index (χ0v) is 14.4. The molecule has 1 aromatic rings. The van der Waals surface area contributed by atoms with Crippen LogP contribution in [0.5, 0.6) is 5.75 Å². The molecule has 120 valence electrons. The molecular formula is C15H26N2O3S. The molecule has 1 heterocycles. The van der Waals surface area contributed by atoms with Crippen molar-refractivity contribution in [2.75, 3.05) is 30.8 Å². The van der Waals surface area contributed by atoms with Crippen LogP contribution in [0.3, 0.4) is 0 Å². The van der Waals surface area contributed by atoms with E-state index in [0.717, 1.165) is 30.9 Å². The van der Waals surface area contributed by atoms with E-state index in [9.17, 15) is 4.79 Å². The summed E-state index contributed by atoms with van der Waals surface area (Å²) in [6.07, 6.45) is 2.19. The topological polar surface area (TPSA) is 64.8 Å². The van der Waals surface area contributed by atoms with Crippen molar-refractivity contribution < 1.29 is 14.3 Å². The lowest BCUT2D eigenvalue weighted by atomic mass is 10.3. The van der Waals surface area contributed by atoms with Crippen LogP contribution in [0.2, 0.25) is 0 Å². The summed E-state index contributed by atoms with van der Waals surface area (Å²) in [5.41, 5.74) is 6.49. The van der Waals surface area contributed by atoms with Crippen LogP contribution in [0, 0.1) is 0 Å². The summed E-state index contributed by atoms with van der Waals surface area (Å²) in [5.74, 6) is 0.192. The fraction of sp³-hybridized carbons (Fsp3) is 0.667. The van der Waals surface area contributed by atoms with Gasteiger partial charge < -0.3 is 20.1 Å². The van der Waals surface area contributed by atoms with Gasteiger partial charge in [-0.25, -0.2) is 4.79 Å². The van der Waals surface area contributed by atoms with Crippen molar-refractivity contribution in [2.45, 2.75) is 46.6 Å². The number of hydrogen-bond acceptors (Lipinski definition) is 6. The van der Waals surface area contributed by atoms with Crippen LogP contribution in [0.25, 0.3) is 0 Å². The number of nitrogens with zero attached hydrogens (tertiary/aromatic N) is 1. The van der Waals surface area contributed by atoms with Crippen molar-refractivity contribution in [3.8, 4) is 5.75 Å². The summed E-state index contributed by atoms with van der Waals surface area (Å²) in [6, 6.07) is 0. The summed E-state index contributed by atoms with van der Waals surface area (Å²) in [6.45, 7) is 9.89. The zero-order valence-electron chi connectivity index (χ0n) is 13.6. The van der Waals surface area contributed by atoms with Crippen molar-refractivity contribution in [1.82, 2.24) is 0 Å². The Balaban J connectivity index is 3.23. The first-order chi connectivity index (χ1) is 9.96. The number of carbonyl (C=O) groups excluding carboxylic acids is 1. The molecular weight excluding hydrogens is 288 g/mol. The Morgan fingerprint density at radius 2 is 2.05 bits per heavy atom. The number of esters is 1. The predicted octanol–water partition coefficient (Wildman–Crippen LogP) is 3.53. The second-order valence-electron chi connectivity index (χ2n) is 5.07. The van der Waals surface area contributed by atoms with Crippen molar-refractivity contribution in [3.63, 3.8) is 0 Å². The van der Waals surface area contributed by atoms with Gasteiger partial charge in [-0.15, -0.1) is 11.3 Å². The molecule has 0 aliphatic carbocycles. The molecule has 0 unspecified atom stereocenters. The lowest BCUT2D eigenvalue weighted by Gasteiger charge is -2.23. The number of nitrogens with two attached hydrogens (primary N) is 1. The average molecular weight is 314 g/mol. The zero-order chi connectivity index (χ0) is 16.0. The molecule has 1 rings (SSSR count). The van der Waals surface area contributed by atoms with Crippen LogP contribution >= 0.6 is 11.3 Å². The van der Waals surface area contributed by atoms with Crippen LogP contribution in [0.15, 0.2) is 0 Å². The quantitative estimate of drug-likeness (QED) is 0.744. The first kappa shape index (κ1) is 17.6. The number of unbranched alkanes of at least 4 members (excludes halogenated alkanes) is 1. The highest BCUT2D eigenvalue weighted by molar-refractivity contribution is 7.19. The lowest BCUT2D eigenvalue weighted by molar-refractivity contribution is 0.0607. The van der Waals surface area contributed by atoms with Gasteiger partial charge in [-0.3, -0.25) is 0 Å². The Bertz CT molecular complexity index is 472. The van der Waals surface area contributed by atoms with E-state index in [1.54, 1.807) is 0 Å². The van der Waals surface area contributed by atoms with Crippen molar-refractivity contribution in [3.05, 3.63) is 4.88 Å². The molecule has 0 fully saturated rings. The number of ether oxygens (including phenoxy) is 2. The van der Waals surface area contributed by atoms with E-state index in [2.05, 4.69) is 18.7 Å². The molecule has 5 nitrogen and oxygen atoms in total. The van der Waals surface area contributed by atoms with Crippen LogP contribution in [0.4, 0.5) is 10.7 Å². The highest BCUT2D eigenvalue weighted by Crippen LogP contribution is 2.45. The molecule has 0 saturated heterocycles. The summed E-state index contributed by atoms with van der Waals surface area (Å²) in [7, 11) is 1.36. The molecule has 0 saturated carbocycles. The monoisotopic (exact) mass is 314 g/mol. The molecule has 0 aliphatic heterocycles. The number of carbonyl (C=O) groups is 1. The molecule has 21 heavy (non-hydrogen) atoms. The predicted molar refractivity (Wildman–Crippen MR) is 88.6 cm³/mol. The molecule has 0 amide bonds. The Morgan fingerprint density at radius 1 is 1.38 bits per heavy atom. The maximum Gasteiger partial charge on any atom is 0.350 e. The van der Waals surface area contributed by atoms with Gasteiger partial charge in [0.05, 0.1) is 13.2 Å². The Morgan fingerprint density at radius 3 is 2.52 bits per heavy atom. The molecule has 0 bridgehead atoms. The minimum atomic E-state index is -0.413. The van der Waals surface area contributed by atoms with Crippen LogP contribution < -0.4 is 15.4 Å². The lowest BCUT2D eigenvalue weighted by Crippen LogP contribution is -2.24. The van der Waals surface area contributed by atoms with Gasteiger partial charge in [-0.05, 0) is 27.2 Å². The summed E-state index contributed by atoms with van der Waals surface area (Å²) in [5, 5.41) is 0.914. The SMILES string of the molecule is CCCCN(CC)c1sc(C(=O)OC)c(N)c1OC(C)C.